The van der Waals surface area contributed by atoms with Gasteiger partial charge >= 0.3 is 0 Å². The summed E-state index contributed by atoms with van der Waals surface area (Å²) >= 11 is 3.39. The molecule has 0 spiro atoms. The summed E-state index contributed by atoms with van der Waals surface area (Å²) in [6, 6.07) is 12.9. The lowest BCUT2D eigenvalue weighted by molar-refractivity contribution is -0.137. The summed E-state index contributed by atoms with van der Waals surface area (Å²) in [5.74, 6) is -0.995. The van der Waals surface area contributed by atoms with Gasteiger partial charge in [-0.15, -0.1) is 0 Å². The summed E-state index contributed by atoms with van der Waals surface area (Å²) in [5.41, 5.74) is 1.66. The number of hydrogen-bond donors (Lipinski definition) is 1. The van der Waals surface area contributed by atoms with Gasteiger partial charge in [-0.25, -0.2) is 4.39 Å². The van der Waals surface area contributed by atoms with E-state index in [9.17, 15) is 14.0 Å². The zero-order valence-electron chi connectivity index (χ0n) is 14.4. The van der Waals surface area contributed by atoms with E-state index in [2.05, 4.69) is 21.2 Å². The summed E-state index contributed by atoms with van der Waals surface area (Å²) in [6.45, 7) is 4.21. The fourth-order valence-electron chi connectivity index (χ4n) is 2.82. The molecule has 0 aromatic heterocycles. The Kier molecular flexibility index (Phi) is 5.23. The van der Waals surface area contributed by atoms with E-state index in [1.807, 2.05) is 38.1 Å². The SMILES string of the molecule is CC(C)CN1C(=O)C(Nc2cccc(Br)c2)=C(c2ccc(F)cc2)C1=O. The molecule has 1 heterocycles. The minimum Gasteiger partial charge on any atom is -0.350 e. The molecule has 0 saturated carbocycles. The van der Waals surface area contributed by atoms with Crippen LogP contribution in [0.5, 0.6) is 0 Å². The van der Waals surface area contributed by atoms with Crippen LogP contribution in [0.2, 0.25) is 0 Å². The van der Waals surface area contributed by atoms with E-state index in [0.29, 0.717) is 17.8 Å². The molecule has 3 rings (SSSR count). The van der Waals surface area contributed by atoms with Crippen LogP contribution in [0.1, 0.15) is 19.4 Å². The van der Waals surface area contributed by atoms with Crippen molar-refractivity contribution in [2.75, 3.05) is 11.9 Å². The highest BCUT2D eigenvalue weighted by atomic mass is 79.9. The lowest BCUT2D eigenvalue weighted by Crippen LogP contribution is -2.35. The summed E-state index contributed by atoms with van der Waals surface area (Å²) in [4.78, 5) is 27.0. The molecule has 0 fully saturated rings. The molecule has 6 heteroatoms. The van der Waals surface area contributed by atoms with Crippen molar-refractivity contribution in [2.24, 2.45) is 5.92 Å². The zero-order chi connectivity index (χ0) is 18.8. The van der Waals surface area contributed by atoms with Crippen LogP contribution in [0.25, 0.3) is 5.57 Å². The Morgan fingerprint density at radius 3 is 2.38 bits per heavy atom. The van der Waals surface area contributed by atoms with Gasteiger partial charge < -0.3 is 5.32 Å². The van der Waals surface area contributed by atoms with Crippen molar-refractivity contribution in [3.05, 3.63) is 70.1 Å². The Morgan fingerprint density at radius 2 is 1.77 bits per heavy atom. The number of carbonyl (C=O) groups is 2. The predicted octanol–water partition coefficient (Wildman–Crippen LogP) is 4.44. The Labute approximate surface area is 159 Å². The van der Waals surface area contributed by atoms with Crippen LogP contribution < -0.4 is 5.32 Å². The summed E-state index contributed by atoms with van der Waals surface area (Å²) in [7, 11) is 0. The normalized spacial score (nSPS) is 14.6. The molecule has 1 N–H and O–H groups in total. The molecule has 134 valence electrons. The maximum atomic E-state index is 13.3. The lowest BCUT2D eigenvalue weighted by atomic mass is 10.0. The van der Waals surface area contributed by atoms with Gasteiger partial charge in [-0.3, -0.25) is 14.5 Å². The number of imide groups is 1. The molecule has 0 atom stereocenters. The first kappa shape index (κ1) is 18.3. The third kappa shape index (κ3) is 3.70. The number of nitrogens with one attached hydrogen (secondary N) is 1. The second-order valence-electron chi connectivity index (χ2n) is 6.51. The third-order valence-corrected chi connectivity index (χ3v) is 4.44. The average molecular weight is 417 g/mol. The topological polar surface area (TPSA) is 49.4 Å². The fraction of sp³-hybridized carbons (Fsp3) is 0.200. The third-order valence-electron chi connectivity index (χ3n) is 3.94. The highest BCUT2D eigenvalue weighted by Gasteiger charge is 2.39. The van der Waals surface area contributed by atoms with Gasteiger partial charge in [-0.05, 0) is 41.8 Å². The molecular formula is C20H18BrFN2O2. The number of benzene rings is 2. The van der Waals surface area contributed by atoms with Gasteiger partial charge in [-0.2, -0.15) is 0 Å². The number of carbonyl (C=O) groups excluding carboxylic acids is 2. The van der Waals surface area contributed by atoms with Crippen molar-refractivity contribution in [2.45, 2.75) is 13.8 Å². The summed E-state index contributed by atoms with van der Waals surface area (Å²) in [6.07, 6.45) is 0. The number of halogens is 2. The van der Waals surface area contributed by atoms with Crippen LogP contribution in [-0.2, 0) is 9.59 Å². The zero-order valence-corrected chi connectivity index (χ0v) is 16.0. The fourth-order valence-corrected chi connectivity index (χ4v) is 3.22. The molecule has 0 radical (unpaired) electrons. The van der Waals surface area contributed by atoms with Crippen LogP contribution in [0.4, 0.5) is 10.1 Å². The van der Waals surface area contributed by atoms with Gasteiger partial charge in [0.25, 0.3) is 11.8 Å². The molecular weight excluding hydrogens is 399 g/mol. The van der Waals surface area contributed by atoms with E-state index >= 15 is 0 Å². The Balaban J connectivity index is 2.06. The van der Waals surface area contributed by atoms with E-state index in [1.54, 1.807) is 0 Å². The minimum atomic E-state index is -0.397. The highest BCUT2D eigenvalue weighted by Crippen LogP contribution is 2.31. The smallest absolute Gasteiger partial charge is 0.278 e. The van der Waals surface area contributed by atoms with Gasteiger partial charge in [0.1, 0.15) is 11.5 Å². The Bertz CT molecular complexity index is 891. The molecule has 0 unspecified atom stereocenters. The monoisotopic (exact) mass is 416 g/mol. The van der Waals surface area contributed by atoms with E-state index in [4.69, 9.17) is 0 Å². The molecule has 0 bridgehead atoms. The van der Waals surface area contributed by atoms with Gasteiger partial charge in [0, 0.05) is 16.7 Å². The van der Waals surface area contributed by atoms with Crippen molar-refractivity contribution in [3.8, 4) is 0 Å². The van der Waals surface area contributed by atoms with Gasteiger partial charge in [0.05, 0.1) is 5.57 Å². The van der Waals surface area contributed by atoms with E-state index in [1.165, 1.54) is 29.2 Å². The van der Waals surface area contributed by atoms with Crippen LogP contribution in [0.3, 0.4) is 0 Å². The largest absolute Gasteiger partial charge is 0.350 e. The van der Waals surface area contributed by atoms with Crippen molar-refractivity contribution in [1.82, 2.24) is 4.90 Å². The first-order valence-electron chi connectivity index (χ1n) is 8.26. The highest BCUT2D eigenvalue weighted by molar-refractivity contribution is 9.10. The Morgan fingerprint density at radius 1 is 1.08 bits per heavy atom. The molecule has 0 aliphatic carbocycles. The van der Waals surface area contributed by atoms with E-state index < -0.39 is 5.82 Å². The number of amides is 2. The molecule has 2 aromatic rings. The first-order chi connectivity index (χ1) is 12.4. The van der Waals surface area contributed by atoms with Gasteiger partial charge in [0.2, 0.25) is 0 Å². The molecule has 4 nitrogen and oxygen atoms in total. The summed E-state index contributed by atoms with van der Waals surface area (Å²) < 4.78 is 14.1. The van der Waals surface area contributed by atoms with E-state index in [0.717, 1.165) is 4.47 Å². The number of hydrogen-bond acceptors (Lipinski definition) is 3. The second kappa shape index (κ2) is 7.41. The molecule has 26 heavy (non-hydrogen) atoms. The van der Waals surface area contributed by atoms with Crippen molar-refractivity contribution in [3.63, 3.8) is 0 Å². The number of rotatable bonds is 5. The van der Waals surface area contributed by atoms with Crippen molar-refractivity contribution in [1.29, 1.82) is 0 Å². The number of anilines is 1. The predicted molar refractivity (Wildman–Crippen MR) is 103 cm³/mol. The average Bonchev–Trinajstić information content (AvgIpc) is 2.80. The first-order valence-corrected chi connectivity index (χ1v) is 9.05. The standard InChI is InChI=1S/C20H18BrFN2O2/c1-12(2)11-24-19(25)17(13-6-8-15(22)9-7-13)18(20(24)26)23-16-5-3-4-14(21)10-16/h3-10,12,23H,11H2,1-2H3. The van der Waals surface area contributed by atoms with Crippen LogP contribution in [0.15, 0.2) is 58.7 Å². The van der Waals surface area contributed by atoms with Crippen LogP contribution in [-0.4, -0.2) is 23.3 Å². The van der Waals surface area contributed by atoms with Gasteiger partial charge in [-0.1, -0.05) is 48.0 Å². The molecule has 2 aromatic carbocycles. The second-order valence-corrected chi connectivity index (χ2v) is 7.42. The maximum absolute atomic E-state index is 13.3. The lowest BCUT2D eigenvalue weighted by Gasteiger charge is -2.17. The van der Waals surface area contributed by atoms with Crippen molar-refractivity contribution >= 4 is 39.0 Å². The number of nitrogens with zero attached hydrogens (tertiary/aromatic N) is 1. The molecule has 1 aliphatic heterocycles. The Hall–Kier alpha value is -2.47. The summed E-state index contributed by atoms with van der Waals surface area (Å²) in [5, 5.41) is 3.07. The van der Waals surface area contributed by atoms with Gasteiger partial charge in [0.15, 0.2) is 0 Å². The minimum absolute atomic E-state index is 0.141. The molecule has 0 saturated heterocycles. The maximum Gasteiger partial charge on any atom is 0.278 e. The molecule has 2 amide bonds. The quantitative estimate of drug-likeness (QED) is 0.733. The van der Waals surface area contributed by atoms with Crippen LogP contribution in [0, 0.1) is 11.7 Å². The van der Waals surface area contributed by atoms with Crippen LogP contribution >= 0.6 is 15.9 Å². The van der Waals surface area contributed by atoms with Crippen molar-refractivity contribution < 1.29 is 14.0 Å². The molecule has 1 aliphatic rings. The van der Waals surface area contributed by atoms with E-state index in [-0.39, 0.29) is 29.0 Å².